The van der Waals surface area contributed by atoms with E-state index in [9.17, 15) is 33.6 Å². The number of carbonyl (C=O) groups is 8. The van der Waals surface area contributed by atoms with Crippen molar-refractivity contribution in [3.63, 3.8) is 0 Å². The molecule has 0 aromatic carbocycles. The van der Waals surface area contributed by atoms with Crippen LogP contribution in [-0.4, -0.2) is 99.8 Å². The Hall–Kier alpha value is -4.54. The number of carboxylic acid groups (broad SMARTS) is 8. The van der Waals surface area contributed by atoms with E-state index >= 15 is 0 Å². The molecule has 0 amide bonds. The van der Waals surface area contributed by atoms with Crippen molar-refractivity contribution >= 4 is 47.8 Å². The van der Waals surface area contributed by atoms with Gasteiger partial charge in [0, 0.05) is 25.3 Å². The van der Waals surface area contributed by atoms with Crippen molar-refractivity contribution in [1.82, 2.24) is 0 Å². The van der Waals surface area contributed by atoms with E-state index in [1.165, 1.54) is 6.92 Å². The van der Waals surface area contributed by atoms with Gasteiger partial charge in [-0.05, 0) is 19.8 Å². The molecule has 0 radical (unpaired) electrons. The van der Waals surface area contributed by atoms with Crippen LogP contribution in [0.25, 0.3) is 0 Å². The van der Waals surface area contributed by atoms with E-state index in [2.05, 4.69) is 6.58 Å². The van der Waals surface area contributed by atoms with Gasteiger partial charge in [0.2, 0.25) is 0 Å². The Kier molecular flexibility index (Phi) is 32.9. The summed E-state index contributed by atoms with van der Waals surface area (Å²) in [5, 5.41) is 71.2. The second-order valence-electron chi connectivity index (χ2n) is 6.68. The third-order valence-corrected chi connectivity index (χ3v) is 2.86. The molecule has 0 aliphatic carbocycles. The van der Waals surface area contributed by atoms with Crippen LogP contribution >= 0.6 is 0 Å². The molecule has 1 unspecified atom stereocenters. The van der Waals surface area contributed by atoms with Crippen molar-refractivity contribution in [1.29, 1.82) is 0 Å². The predicted molar refractivity (Wildman–Crippen MR) is 125 cm³/mol. The first kappa shape index (κ1) is 43.5. The van der Waals surface area contributed by atoms with Crippen LogP contribution in [0.15, 0.2) is 12.2 Å². The number of aliphatic carboxylic acids is 8. The summed E-state index contributed by atoms with van der Waals surface area (Å²) in [6, 6.07) is 0. The van der Waals surface area contributed by atoms with Crippen LogP contribution in [0.1, 0.15) is 65.2 Å². The third kappa shape index (κ3) is 69.7. The lowest BCUT2D eigenvalue weighted by Gasteiger charge is -1.96. The zero-order valence-corrected chi connectivity index (χ0v) is 20.7. The predicted octanol–water partition coefficient (Wildman–Crippen LogP) is 0.687. The van der Waals surface area contributed by atoms with E-state index < -0.39 is 66.7 Å². The quantitative estimate of drug-likeness (QED) is 0.0852. The molecule has 38 heavy (non-hydrogen) atoms. The molecular weight excluding hydrogens is 524 g/mol. The summed E-state index contributed by atoms with van der Waals surface area (Å²) >= 11 is 0. The Labute approximate surface area is 216 Å². The molecule has 0 saturated carbocycles. The highest BCUT2D eigenvalue weighted by Gasteiger charge is 2.07. The van der Waals surface area contributed by atoms with Crippen molar-refractivity contribution in [2.45, 2.75) is 71.3 Å². The van der Waals surface area contributed by atoms with Crippen LogP contribution in [0, 0.1) is 0 Å². The highest BCUT2D eigenvalue weighted by molar-refractivity contribution is 5.91. The van der Waals surface area contributed by atoms with Gasteiger partial charge >= 0.3 is 41.8 Å². The average molecular weight is 558 g/mol. The standard InChI is InChI=1S/C8H14O4.C5H6O4.C3H4O4.C3H6O3.C2H4O2/c9-7(10)5-3-1-2-4-6-8(11)12;1-3(5(8)9)2-4(6)7;4-2(5)1-3(6)7;1-2(4)3(5)6;1-2(3)4/h1-6H2,(H,9,10)(H,11,12);1-2H2,(H,6,7)(H,8,9);1H2,(H,4,5)(H,6,7);2,4H,1H3,(H,5,6);1H3,(H,3,4). The van der Waals surface area contributed by atoms with E-state index in [0.717, 1.165) is 19.8 Å². The Morgan fingerprint density at radius 2 is 0.842 bits per heavy atom. The molecule has 0 saturated heterocycles. The summed E-state index contributed by atoms with van der Waals surface area (Å²) in [4.78, 5) is 77.1. The van der Waals surface area contributed by atoms with Crippen LogP contribution in [0.2, 0.25) is 0 Å². The molecule has 0 spiro atoms. The number of carboxylic acids is 8. The summed E-state index contributed by atoms with van der Waals surface area (Å²) in [7, 11) is 0. The fourth-order valence-corrected chi connectivity index (χ4v) is 1.29. The van der Waals surface area contributed by atoms with Crippen LogP contribution in [0.3, 0.4) is 0 Å². The lowest BCUT2D eigenvalue weighted by molar-refractivity contribution is -0.148. The topological polar surface area (TPSA) is 319 Å². The molecule has 220 valence electrons. The second kappa shape index (κ2) is 28.7. The molecular formula is C21H34O17. The minimum Gasteiger partial charge on any atom is -0.481 e. The van der Waals surface area contributed by atoms with Crippen molar-refractivity contribution in [3.05, 3.63) is 12.2 Å². The normalized spacial score (nSPS) is 9.34. The van der Waals surface area contributed by atoms with Gasteiger partial charge in [-0.15, -0.1) is 0 Å². The van der Waals surface area contributed by atoms with E-state index in [4.69, 9.17) is 50.8 Å². The first-order valence-electron chi connectivity index (χ1n) is 10.3. The van der Waals surface area contributed by atoms with Crippen LogP contribution < -0.4 is 0 Å². The monoisotopic (exact) mass is 558 g/mol. The molecule has 0 aliphatic heterocycles. The molecule has 0 aliphatic rings. The van der Waals surface area contributed by atoms with Crippen molar-refractivity contribution in [2.24, 2.45) is 0 Å². The molecule has 0 rings (SSSR count). The van der Waals surface area contributed by atoms with Gasteiger partial charge in [-0.25, -0.2) is 9.59 Å². The molecule has 9 N–H and O–H groups in total. The van der Waals surface area contributed by atoms with E-state index in [0.29, 0.717) is 12.8 Å². The largest absolute Gasteiger partial charge is 0.481 e. The lowest BCUT2D eigenvalue weighted by Crippen LogP contribution is -2.13. The molecule has 1 atom stereocenters. The van der Waals surface area contributed by atoms with E-state index in [1.807, 2.05) is 0 Å². The number of unbranched alkanes of at least 4 members (excludes halogenated alkanes) is 3. The molecule has 0 aromatic rings. The average Bonchev–Trinajstić information content (AvgIpc) is 2.69. The Morgan fingerprint density at radius 3 is 0.947 bits per heavy atom. The number of hydrogen-bond acceptors (Lipinski definition) is 9. The molecule has 0 aromatic heterocycles. The fraction of sp³-hybridized carbons (Fsp3) is 0.524. The van der Waals surface area contributed by atoms with Crippen molar-refractivity contribution in [3.8, 4) is 0 Å². The zero-order valence-electron chi connectivity index (χ0n) is 20.7. The third-order valence-electron chi connectivity index (χ3n) is 2.86. The summed E-state index contributed by atoms with van der Waals surface area (Å²) in [6.45, 7) is 5.29. The molecule has 0 bridgehead atoms. The summed E-state index contributed by atoms with van der Waals surface area (Å²) in [5.41, 5.74) is -0.303. The molecule has 17 nitrogen and oxygen atoms in total. The van der Waals surface area contributed by atoms with Gasteiger partial charge < -0.3 is 46.0 Å². The smallest absolute Gasteiger partial charge is 0.332 e. The Balaban J connectivity index is -0.000000125. The summed E-state index contributed by atoms with van der Waals surface area (Å²) < 4.78 is 0. The fourth-order valence-electron chi connectivity index (χ4n) is 1.29. The number of aliphatic hydroxyl groups excluding tert-OH is 1. The number of aliphatic hydroxyl groups is 1. The van der Waals surface area contributed by atoms with Gasteiger partial charge in [0.15, 0.2) is 0 Å². The minimum absolute atomic E-state index is 0.188. The number of hydrogen-bond donors (Lipinski definition) is 9. The maximum absolute atomic E-state index is 10.0. The van der Waals surface area contributed by atoms with Crippen molar-refractivity contribution in [2.75, 3.05) is 0 Å². The minimum atomic E-state index is -1.31. The van der Waals surface area contributed by atoms with Crippen LogP contribution in [0.5, 0.6) is 0 Å². The van der Waals surface area contributed by atoms with Gasteiger partial charge in [-0.1, -0.05) is 19.4 Å². The lowest BCUT2D eigenvalue weighted by atomic mass is 10.1. The highest BCUT2D eigenvalue weighted by Crippen LogP contribution is 2.04. The SMILES string of the molecule is C=C(CC(=O)O)C(=O)O.CC(=O)O.CC(O)C(=O)O.O=C(O)CC(=O)O.O=C(O)CCCCCCC(=O)O. The van der Waals surface area contributed by atoms with Crippen LogP contribution in [0.4, 0.5) is 0 Å². The van der Waals surface area contributed by atoms with Gasteiger partial charge in [-0.2, -0.15) is 0 Å². The van der Waals surface area contributed by atoms with Gasteiger partial charge in [0.05, 0.1) is 6.42 Å². The zero-order chi connectivity index (χ0) is 31.4. The second-order valence-corrected chi connectivity index (χ2v) is 6.68. The van der Waals surface area contributed by atoms with E-state index in [-0.39, 0.29) is 18.4 Å². The first-order valence-corrected chi connectivity index (χ1v) is 10.3. The highest BCUT2D eigenvalue weighted by atomic mass is 16.4. The van der Waals surface area contributed by atoms with Crippen LogP contribution in [-0.2, 0) is 38.4 Å². The summed E-state index contributed by atoms with van der Waals surface area (Å²) in [6.07, 6.45) is 0.739. The van der Waals surface area contributed by atoms with E-state index in [1.54, 1.807) is 0 Å². The van der Waals surface area contributed by atoms with Crippen molar-refractivity contribution < 1.29 is 84.3 Å². The maximum atomic E-state index is 10.0. The molecule has 0 fully saturated rings. The maximum Gasteiger partial charge on any atom is 0.332 e. The van der Waals surface area contributed by atoms with Gasteiger partial charge in [0.1, 0.15) is 12.5 Å². The number of rotatable bonds is 13. The Morgan fingerprint density at radius 1 is 0.579 bits per heavy atom. The molecule has 17 heteroatoms. The Bertz CT molecular complexity index is 749. The van der Waals surface area contributed by atoms with Gasteiger partial charge in [0.25, 0.3) is 5.97 Å². The first-order chi connectivity index (χ1) is 17.2. The molecule has 0 heterocycles. The summed E-state index contributed by atoms with van der Waals surface area (Å²) in [5.74, 6) is -8.66. The van der Waals surface area contributed by atoms with Gasteiger partial charge in [-0.3, -0.25) is 28.8 Å².